The summed E-state index contributed by atoms with van der Waals surface area (Å²) in [6, 6.07) is 3.98. The lowest BCUT2D eigenvalue weighted by Gasteiger charge is -2.24. The molecule has 12 nitrogen and oxygen atoms in total. The highest BCUT2D eigenvalue weighted by Crippen LogP contribution is 2.35. The summed E-state index contributed by atoms with van der Waals surface area (Å²) < 4.78 is 47.1. The standard InChI is InChI=1S/C26H29ClF3N7O5/c1-24(2,3)42-23(40)36-9-6-16(13-36)37-32-12-19(35-37)21(38)33-18(22(39)34-25(14-31)7-8-25)11-15-4-5-20(17(27)10-15)41-26(28,29)30/h4-5,10,12,16,18H,6-9,11,13H2,1-3H3,(H,33,38)(H,34,39)/t16?,18-/m0/s1. The highest BCUT2D eigenvalue weighted by atomic mass is 35.5. The van der Waals surface area contributed by atoms with Gasteiger partial charge >= 0.3 is 12.5 Å². The Balaban J connectivity index is 1.45. The SMILES string of the molecule is CC(C)(C)OC(=O)N1CCC(n2ncc(C(=O)N[C@@H](Cc3ccc(OC(F)(F)F)c(Cl)c3)C(=O)NC3(C#N)CC3)n2)C1. The van der Waals surface area contributed by atoms with E-state index >= 15 is 0 Å². The molecule has 2 aliphatic rings. The zero-order chi connectivity index (χ0) is 30.9. The van der Waals surface area contributed by atoms with E-state index in [2.05, 4.69) is 25.6 Å². The number of rotatable bonds is 8. The van der Waals surface area contributed by atoms with E-state index in [1.165, 1.54) is 28.0 Å². The van der Waals surface area contributed by atoms with E-state index in [1.807, 2.05) is 6.07 Å². The molecule has 3 amide bonds. The number of hydrogen-bond acceptors (Lipinski definition) is 8. The largest absolute Gasteiger partial charge is 0.573 e. The van der Waals surface area contributed by atoms with Crippen molar-refractivity contribution in [1.82, 2.24) is 30.5 Å². The van der Waals surface area contributed by atoms with Crippen molar-refractivity contribution in [1.29, 1.82) is 5.26 Å². The van der Waals surface area contributed by atoms with Crippen molar-refractivity contribution < 1.29 is 37.0 Å². The van der Waals surface area contributed by atoms with Crippen LogP contribution in [0.2, 0.25) is 5.02 Å². The molecule has 0 bridgehead atoms. The van der Waals surface area contributed by atoms with Crippen LogP contribution in [0.4, 0.5) is 18.0 Å². The fourth-order valence-corrected chi connectivity index (χ4v) is 4.49. The molecule has 2 N–H and O–H groups in total. The summed E-state index contributed by atoms with van der Waals surface area (Å²) in [5, 5.41) is 22.6. The third-order valence-electron chi connectivity index (χ3n) is 6.49. The van der Waals surface area contributed by atoms with Gasteiger partial charge in [0.25, 0.3) is 5.91 Å². The average molecular weight is 612 g/mol. The second kappa shape index (κ2) is 11.7. The van der Waals surface area contributed by atoms with E-state index in [0.717, 1.165) is 6.07 Å². The Hall–Kier alpha value is -4.06. The summed E-state index contributed by atoms with van der Waals surface area (Å²) in [6.07, 6.45) is -2.92. The zero-order valence-electron chi connectivity index (χ0n) is 23.0. The van der Waals surface area contributed by atoms with Crippen LogP contribution in [0, 0.1) is 11.3 Å². The number of likely N-dealkylation sites (tertiary alicyclic amines) is 1. The van der Waals surface area contributed by atoms with E-state index in [-0.39, 0.29) is 29.7 Å². The molecule has 1 saturated carbocycles. The summed E-state index contributed by atoms with van der Waals surface area (Å²) in [6.45, 7) is 6.00. The maximum absolute atomic E-state index is 13.1. The lowest BCUT2D eigenvalue weighted by Crippen LogP contribution is -2.51. The number of carbonyl (C=O) groups excluding carboxylic acids is 3. The molecule has 2 fully saturated rings. The molecule has 1 aromatic heterocycles. The Morgan fingerprint density at radius 3 is 2.57 bits per heavy atom. The number of benzene rings is 1. The summed E-state index contributed by atoms with van der Waals surface area (Å²) >= 11 is 5.96. The van der Waals surface area contributed by atoms with E-state index in [4.69, 9.17) is 16.3 Å². The van der Waals surface area contributed by atoms with Crippen molar-refractivity contribution in [2.75, 3.05) is 13.1 Å². The number of carbonyl (C=O) groups is 3. The molecule has 2 aromatic rings. The van der Waals surface area contributed by atoms with E-state index in [1.54, 1.807) is 20.8 Å². The molecule has 226 valence electrons. The van der Waals surface area contributed by atoms with Crippen molar-refractivity contribution in [3.05, 3.63) is 40.7 Å². The van der Waals surface area contributed by atoms with E-state index in [0.29, 0.717) is 31.4 Å². The number of halogens is 4. The first kappa shape index (κ1) is 30.9. The van der Waals surface area contributed by atoms with Gasteiger partial charge in [0.2, 0.25) is 5.91 Å². The predicted octanol–water partition coefficient (Wildman–Crippen LogP) is 3.53. The Morgan fingerprint density at radius 2 is 1.98 bits per heavy atom. The Bertz CT molecular complexity index is 1400. The van der Waals surface area contributed by atoms with Crippen LogP contribution in [-0.2, 0) is 16.0 Å². The number of nitrogens with one attached hydrogen (secondary N) is 2. The van der Waals surface area contributed by atoms with Gasteiger partial charge in [-0.1, -0.05) is 17.7 Å². The molecule has 1 aliphatic carbocycles. The number of aromatic nitrogens is 3. The fourth-order valence-electron chi connectivity index (χ4n) is 4.25. The molecule has 0 radical (unpaired) electrons. The van der Waals surface area contributed by atoms with Crippen LogP contribution in [0.1, 0.15) is 62.1 Å². The molecular weight excluding hydrogens is 583 g/mol. The molecule has 16 heteroatoms. The monoisotopic (exact) mass is 611 g/mol. The van der Waals surface area contributed by atoms with Gasteiger partial charge in [-0.3, -0.25) is 9.59 Å². The van der Waals surface area contributed by atoms with Crippen molar-refractivity contribution in [3.63, 3.8) is 0 Å². The quantitative estimate of drug-likeness (QED) is 0.460. The molecule has 4 rings (SSSR count). The molecule has 2 atom stereocenters. The topological polar surface area (TPSA) is 151 Å². The summed E-state index contributed by atoms with van der Waals surface area (Å²) in [5.74, 6) is -2.02. The Labute approximate surface area is 244 Å². The van der Waals surface area contributed by atoms with Gasteiger partial charge in [-0.05, 0) is 57.7 Å². The third kappa shape index (κ3) is 8.03. The molecule has 2 heterocycles. The molecule has 1 saturated heterocycles. The van der Waals surface area contributed by atoms with Crippen molar-refractivity contribution >= 4 is 29.5 Å². The fraction of sp³-hybridized carbons (Fsp3) is 0.538. The van der Waals surface area contributed by atoms with Gasteiger partial charge in [0.15, 0.2) is 5.69 Å². The summed E-state index contributed by atoms with van der Waals surface area (Å²) in [4.78, 5) is 41.4. The first-order valence-corrected chi connectivity index (χ1v) is 13.4. The lowest BCUT2D eigenvalue weighted by atomic mass is 10.0. The van der Waals surface area contributed by atoms with Gasteiger partial charge < -0.3 is 25.0 Å². The van der Waals surface area contributed by atoms with Gasteiger partial charge in [-0.25, -0.2) is 4.79 Å². The predicted molar refractivity (Wildman–Crippen MR) is 140 cm³/mol. The minimum atomic E-state index is -4.94. The van der Waals surface area contributed by atoms with Crippen molar-refractivity contribution in [2.45, 2.75) is 76.0 Å². The minimum Gasteiger partial charge on any atom is -0.444 e. The molecular formula is C26H29ClF3N7O5. The normalized spacial score (nSPS) is 18.5. The van der Waals surface area contributed by atoms with Crippen LogP contribution in [0.5, 0.6) is 5.75 Å². The van der Waals surface area contributed by atoms with Crippen molar-refractivity contribution in [3.8, 4) is 11.8 Å². The number of nitriles is 1. The van der Waals surface area contributed by atoms with Crippen LogP contribution in [0.3, 0.4) is 0 Å². The van der Waals surface area contributed by atoms with Gasteiger partial charge in [0, 0.05) is 19.5 Å². The third-order valence-corrected chi connectivity index (χ3v) is 6.79. The van der Waals surface area contributed by atoms with Crippen molar-refractivity contribution in [2.24, 2.45) is 0 Å². The first-order valence-electron chi connectivity index (χ1n) is 13.0. The number of alkyl halides is 3. The Kier molecular flexibility index (Phi) is 8.58. The number of hydrogen-bond donors (Lipinski definition) is 2. The number of nitrogens with zero attached hydrogens (tertiary/aromatic N) is 5. The zero-order valence-corrected chi connectivity index (χ0v) is 23.8. The molecule has 42 heavy (non-hydrogen) atoms. The van der Waals surface area contributed by atoms with Crippen LogP contribution in [-0.4, -0.2) is 74.4 Å². The maximum Gasteiger partial charge on any atom is 0.573 e. The number of amides is 3. The summed E-state index contributed by atoms with van der Waals surface area (Å²) in [5.41, 5.74) is -1.46. The van der Waals surface area contributed by atoms with Gasteiger partial charge in [0.1, 0.15) is 22.9 Å². The Morgan fingerprint density at radius 1 is 1.26 bits per heavy atom. The average Bonchev–Trinajstić information content (AvgIpc) is 3.26. The maximum atomic E-state index is 13.1. The van der Waals surface area contributed by atoms with E-state index < -0.39 is 47.2 Å². The first-order chi connectivity index (χ1) is 19.6. The molecule has 1 aliphatic heterocycles. The second-order valence-corrected chi connectivity index (χ2v) is 11.6. The number of ether oxygens (including phenoxy) is 2. The highest BCUT2D eigenvalue weighted by Gasteiger charge is 2.46. The highest BCUT2D eigenvalue weighted by molar-refractivity contribution is 6.32. The molecule has 1 unspecified atom stereocenters. The van der Waals surface area contributed by atoms with E-state index in [9.17, 15) is 32.8 Å². The van der Waals surface area contributed by atoms with Crippen LogP contribution in [0.25, 0.3) is 0 Å². The van der Waals surface area contributed by atoms with Crippen LogP contribution in [0.15, 0.2) is 24.4 Å². The summed E-state index contributed by atoms with van der Waals surface area (Å²) in [7, 11) is 0. The second-order valence-electron chi connectivity index (χ2n) is 11.1. The van der Waals surface area contributed by atoms with Gasteiger partial charge in [0.05, 0.1) is 23.3 Å². The minimum absolute atomic E-state index is 0.100. The van der Waals surface area contributed by atoms with Gasteiger partial charge in [-0.15, -0.1) is 18.3 Å². The molecule has 0 spiro atoms. The smallest absolute Gasteiger partial charge is 0.444 e. The molecule has 1 aromatic carbocycles. The van der Waals surface area contributed by atoms with Crippen LogP contribution >= 0.6 is 11.6 Å². The van der Waals surface area contributed by atoms with Crippen LogP contribution < -0.4 is 15.4 Å². The lowest BCUT2D eigenvalue weighted by molar-refractivity contribution is -0.274. The van der Waals surface area contributed by atoms with Gasteiger partial charge in [-0.2, -0.15) is 15.2 Å².